The van der Waals surface area contributed by atoms with Gasteiger partial charge < -0.3 is 158 Å². The third kappa shape index (κ3) is 1680. The van der Waals surface area contributed by atoms with Gasteiger partial charge in [-0.05, 0) is 222 Å². The lowest BCUT2D eigenvalue weighted by Crippen LogP contribution is -2.82. The van der Waals surface area contributed by atoms with E-state index in [-0.39, 0.29) is 0 Å². The van der Waals surface area contributed by atoms with Crippen LogP contribution in [0.15, 0.2) is 0 Å². The summed E-state index contributed by atoms with van der Waals surface area (Å²) in [5.74, 6) is 0. The van der Waals surface area contributed by atoms with Gasteiger partial charge in [-0.2, -0.15) is 0 Å². The Balaban J connectivity index is -0.0000000364. The summed E-state index contributed by atoms with van der Waals surface area (Å²) in [6, 6.07) is 0. The molecule has 0 amide bonds. The molecule has 56 heteroatoms. The molecule has 768 valence electrons. The molecule has 0 atom stereocenters. The molecule has 0 radical (unpaired) electrons. The van der Waals surface area contributed by atoms with Crippen molar-refractivity contribution in [1.29, 1.82) is 0 Å². The first-order chi connectivity index (χ1) is 54.6. The monoisotopic (exact) mass is 1950 g/mol. The Kier molecular flexibility index (Phi) is 272. The molecule has 0 aliphatic carbocycles. The summed E-state index contributed by atoms with van der Waals surface area (Å²) in [4.78, 5) is 0. The maximum Gasteiger partial charge on any atom is 0.0726 e. The molecule has 0 aliphatic rings. The molecule has 0 bridgehead atoms. The molecule has 0 saturated heterocycles. The van der Waals surface area contributed by atoms with Crippen molar-refractivity contribution in [3.05, 3.63) is 0 Å². The zero-order valence-corrected chi connectivity index (χ0v) is 86.7. The lowest BCUT2D eigenvalue weighted by molar-refractivity contribution is -0.648. The minimum atomic E-state index is -5.17. The normalized spacial score (nSPS) is 9.47. The molecule has 0 fully saturated rings. The summed E-state index contributed by atoms with van der Waals surface area (Å²) in [6.45, 7) is 108. The van der Waals surface area contributed by atoms with E-state index in [0.717, 1.165) is 0 Å². The topological polar surface area (TPSA) is 908 Å². The highest BCUT2D eigenvalue weighted by atomic mass is 32.3. The van der Waals surface area contributed by atoms with Gasteiger partial charge in [0.15, 0.2) is 0 Å². The van der Waals surface area contributed by atoms with Crippen LogP contribution in [-0.2, 0) is 83.2 Å². The van der Waals surface area contributed by atoms with E-state index in [1.807, 2.05) is 0 Å². The van der Waals surface area contributed by atoms with E-state index in [9.17, 15) is 0 Å². The van der Waals surface area contributed by atoms with E-state index in [2.05, 4.69) is 307 Å². The molecule has 0 saturated carbocycles. The Bertz CT molecular complexity index is 1820. The molecule has 0 rings (SSSR count). The van der Waals surface area contributed by atoms with Crippen molar-refractivity contribution in [2.75, 3.05) is 209 Å². The number of hydrogen-bond donors (Lipinski definition) is 16. The number of nitrogens with two attached hydrogens (primary N) is 16. The Morgan fingerprint density at radius 2 is 0.117 bits per heavy atom. The fourth-order valence-electron chi connectivity index (χ4n) is 4.62. The average Bonchev–Trinajstić information content (AvgIpc) is 1.15. The first kappa shape index (κ1) is 183. The van der Waals surface area contributed by atoms with Crippen molar-refractivity contribution in [1.82, 2.24) is 0 Å². The third-order valence-electron chi connectivity index (χ3n) is 9.24. The fourth-order valence-corrected chi connectivity index (χ4v) is 4.62. The summed E-state index contributed by atoms with van der Waals surface area (Å²) in [5.41, 5.74) is 0. The standard InChI is InChI=1S/16C4H11N.8H2O4S/c16*1-3-5-4-2;8*1-5(2,3)4/h16*5H,3-4H2,1-2H3;8*(H2,1,2,3,4). The van der Waals surface area contributed by atoms with Gasteiger partial charge >= 0.3 is 0 Å². The number of rotatable bonds is 32. The van der Waals surface area contributed by atoms with Crippen LogP contribution in [0.1, 0.15) is 222 Å². The molecule has 0 aliphatic heterocycles. The van der Waals surface area contributed by atoms with Crippen molar-refractivity contribution in [3.63, 3.8) is 0 Å². The van der Waals surface area contributed by atoms with Crippen molar-refractivity contribution in [2.24, 2.45) is 0 Å². The zero-order chi connectivity index (χ0) is 102. The maximum atomic E-state index is 8.52. The predicted octanol–water partition coefficient (Wildman–Crippen LogP) is -17.3. The molecule has 0 aromatic heterocycles. The second-order valence-electron chi connectivity index (χ2n) is 20.9. The Hall–Kier alpha value is -1.68. The second-order valence-corrected chi connectivity index (χ2v) is 27.5. The molecule has 48 nitrogen and oxygen atoms in total. The van der Waals surface area contributed by atoms with Gasteiger partial charge in [-0.15, -0.1) is 0 Å². The second kappa shape index (κ2) is 178. The summed E-state index contributed by atoms with van der Waals surface area (Å²) in [7, 11) is -41.3. The van der Waals surface area contributed by atoms with Crippen LogP contribution >= 0.6 is 0 Å². The third-order valence-corrected chi connectivity index (χ3v) is 9.24. The smallest absolute Gasteiger partial charge is 0.0726 e. The molecule has 0 aromatic carbocycles. The molecular weight excluding hydrogens is 1760 g/mol. The highest BCUT2D eigenvalue weighted by Gasteiger charge is 1.75. The number of hydrogen-bond acceptors (Lipinski definition) is 32. The van der Waals surface area contributed by atoms with Gasteiger partial charge in [0.25, 0.3) is 0 Å². The molecule has 32 N–H and O–H groups in total. The van der Waals surface area contributed by atoms with E-state index in [1.165, 1.54) is 209 Å². The van der Waals surface area contributed by atoms with Crippen molar-refractivity contribution >= 4 is 83.2 Å². The van der Waals surface area contributed by atoms with Crippen LogP contribution in [0, 0.1) is 0 Å². The van der Waals surface area contributed by atoms with Crippen molar-refractivity contribution in [2.45, 2.75) is 222 Å². The zero-order valence-electron chi connectivity index (χ0n) is 80.2. The van der Waals surface area contributed by atoms with Gasteiger partial charge in [0.05, 0.1) is 209 Å². The lowest BCUT2D eigenvalue weighted by Gasteiger charge is -2.06. The van der Waals surface area contributed by atoms with Gasteiger partial charge in [0.2, 0.25) is 0 Å². The summed E-state index contributed by atoms with van der Waals surface area (Å²) in [6.07, 6.45) is 0. The van der Waals surface area contributed by atoms with E-state index in [4.69, 9.17) is 140 Å². The van der Waals surface area contributed by atoms with E-state index in [1.54, 1.807) is 0 Å². The molecule has 0 heterocycles. The highest BCUT2D eigenvalue weighted by molar-refractivity contribution is 7.81. The lowest BCUT2D eigenvalue weighted by atomic mass is 10.7. The van der Waals surface area contributed by atoms with Crippen LogP contribution in [0.3, 0.4) is 0 Å². The van der Waals surface area contributed by atoms with Crippen LogP contribution in [0.2, 0.25) is 0 Å². The Morgan fingerprint density at radius 3 is 0.117 bits per heavy atom. The van der Waals surface area contributed by atoms with Gasteiger partial charge in [-0.3, -0.25) is 67.3 Å². The van der Waals surface area contributed by atoms with Crippen LogP contribution < -0.4 is 85.1 Å². The minimum Gasteiger partial charge on any atom is -0.759 e. The van der Waals surface area contributed by atoms with Crippen LogP contribution in [0.25, 0.3) is 0 Å². The average molecular weight is 1950 g/mol. The maximum absolute atomic E-state index is 8.52. The molecule has 0 unspecified atom stereocenters. The van der Waals surface area contributed by atoms with E-state index in [0.29, 0.717) is 0 Å². The van der Waals surface area contributed by atoms with Crippen LogP contribution in [-0.4, -0.2) is 350 Å². The first-order valence-electron chi connectivity index (χ1n) is 41.0. The predicted molar refractivity (Wildman–Crippen MR) is 452 cm³/mol. The summed E-state index contributed by atoms with van der Waals surface area (Å²) < 4.78 is 273. The Labute approximate surface area is 735 Å². The number of quaternary nitrogens is 16. The molecule has 0 spiro atoms. The van der Waals surface area contributed by atoms with Gasteiger partial charge in [0.1, 0.15) is 0 Å². The van der Waals surface area contributed by atoms with Gasteiger partial charge in [-0.25, -0.2) is 0 Å². The summed E-state index contributed by atoms with van der Waals surface area (Å²) >= 11 is 0. The van der Waals surface area contributed by atoms with Gasteiger partial charge in [-0.1, -0.05) is 0 Å². The minimum absolute atomic E-state index is 1.22. The van der Waals surface area contributed by atoms with Gasteiger partial charge in [0, 0.05) is 83.2 Å². The Morgan fingerprint density at radius 1 is 0.100 bits per heavy atom. The van der Waals surface area contributed by atoms with Crippen molar-refractivity contribution in [3.8, 4) is 0 Å². The molecule has 0 aromatic rings. The van der Waals surface area contributed by atoms with Crippen LogP contribution in [0.4, 0.5) is 0 Å². The van der Waals surface area contributed by atoms with Crippen molar-refractivity contribution < 1.29 is 225 Å². The van der Waals surface area contributed by atoms with E-state index < -0.39 is 83.2 Å². The summed E-state index contributed by atoms with van der Waals surface area (Å²) in [5, 5.41) is 36.0. The molecular formula is C64H192N16O32S8. The quantitative estimate of drug-likeness (QED) is 0.0220. The highest BCUT2D eigenvalue weighted by Crippen LogP contribution is 1.61. The first-order valence-corrected chi connectivity index (χ1v) is 51.7. The fraction of sp³-hybridized carbons (Fsp3) is 1.00. The molecule has 120 heavy (non-hydrogen) atoms. The SMILES string of the molecule is CC[NH2+]CC.CC[NH2+]CC.CC[NH2+]CC.CC[NH2+]CC.CC[NH2+]CC.CC[NH2+]CC.CC[NH2+]CC.CC[NH2+]CC.CC[NH2+]CC.CC[NH2+]CC.CC[NH2+]CC.CC[NH2+]CC.CC[NH2+]CC.CC[NH2+]CC.CC[NH2+]CC.CC[NH2+]CC.O=S(=O)([O-])[O-].O=S(=O)([O-])[O-].O=S(=O)([O-])[O-].O=S(=O)([O-])[O-].O=S(=O)([O-])[O-].O=S(=O)([O-])[O-].O=S(=O)([O-])[O-].O=S(=O)([O-])[O-]. The van der Waals surface area contributed by atoms with Crippen LogP contribution in [0.5, 0.6) is 0 Å². The largest absolute Gasteiger partial charge is 0.759 e. The van der Waals surface area contributed by atoms with E-state index >= 15 is 0 Å².